The van der Waals surface area contributed by atoms with E-state index < -0.39 is 5.97 Å². The minimum atomic E-state index is -0.866. The maximum absolute atomic E-state index is 12.4. The van der Waals surface area contributed by atoms with Crippen molar-refractivity contribution >= 4 is 11.9 Å². The van der Waals surface area contributed by atoms with Crippen LogP contribution in [0.15, 0.2) is 0 Å². The summed E-state index contributed by atoms with van der Waals surface area (Å²) in [5, 5.41) is 15.0. The molecule has 0 aromatic carbocycles. The van der Waals surface area contributed by atoms with E-state index in [0.29, 0.717) is 13.0 Å². The number of piperidine rings is 1. The predicted octanol–water partition coefficient (Wildman–Crippen LogP) is 1.14. The third kappa shape index (κ3) is 3.70. The number of rotatable bonds is 6. The van der Waals surface area contributed by atoms with Gasteiger partial charge in [-0.1, -0.05) is 13.8 Å². The van der Waals surface area contributed by atoms with Gasteiger partial charge in [-0.05, 0) is 32.2 Å². The third-order valence-electron chi connectivity index (χ3n) is 3.88. The molecule has 18 heavy (non-hydrogen) atoms. The van der Waals surface area contributed by atoms with Crippen molar-refractivity contribution in [2.45, 2.75) is 52.0 Å². The molecular formula is C13H24N2O3. The van der Waals surface area contributed by atoms with Crippen molar-refractivity contribution in [3.63, 3.8) is 0 Å². The van der Waals surface area contributed by atoms with E-state index >= 15 is 0 Å². The fourth-order valence-corrected chi connectivity index (χ4v) is 2.47. The monoisotopic (exact) mass is 256 g/mol. The van der Waals surface area contributed by atoms with Crippen LogP contribution in [-0.2, 0) is 9.59 Å². The molecule has 0 spiro atoms. The van der Waals surface area contributed by atoms with Crippen molar-refractivity contribution in [2.75, 3.05) is 13.1 Å². The molecule has 104 valence electrons. The molecule has 1 rings (SSSR count). The highest BCUT2D eigenvalue weighted by Gasteiger charge is 2.38. The molecule has 0 aromatic heterocycles. The van der Waals surface area contributed by atoms with Crippen LogP contribution in [0.1, 0.15) is 46.0 Å². The van der Waals surface area contributed by atoms with E-state index in [1.807, 2.05) is 13.8 Å². The molecule has 1 saturated heterocycles. The van der Waals surface area contributed by atoms with Gasteiger partial charge in [0.15, 0.2) is 0 Å². The van der Waals surface area contributed by atoms with Crippen LogP contribution in [0.4, 0.5) is 0 Å². The minimum absolute atomic E-state index is 0.00450. The summed E-state index contributed by atoms with van der Waals surface area (Å²) in [5.74, 6) is -0.861. The van der Waals surface area contributed by atoms with Crippen LogP contribution in [0.3, 0.4) is 0 Å². The van der Waals surface area contributed by atoms with Crippen molar-refractivity contribution in [1.29, 1.82) is 0 Å². The normalized spacial score (nSPS) is 25.4. The van der Waals surface area contributed by atoms with Gasteiger partial charge in [-0.25, -0.2) is 0 Å². The molecule has 0 radical (unpaired) electrons. The Hall–Kier alpha value is -1.10. The van der Waals surface area contributed by atoms with Gasteiger partial charge in [0, 0.05) is 12.6 Å². The number of carboxylic acids is 1. The van der Waals surface area contributed by atoms with Crippen LogP contribution in [0.5, 0.6) is 0 Å². The van der Waals surface area contributed by atoms with Crippen molar-refractivity contribution in [3.05, 3.63) is 0 Å². The Bertz CT molecular complexity index is 299. The first kappa shape index (κ1) is 15.0. The molecule has 2 unspecified atom stereocenters. The van der Waals surface area contributed by atoms with Crippen molar-refractivity contribution in [1.82, 2.24) is 10.6 Å². The zero-order valence-electron chi connectivity index (χ0n) is 11.3. The van der Waals surface area contributed by atoms with Gasteiger partial charge in [0.05, 0.1) is 11.8 Å². The largest absolute Gasteiger partial charge is 0.481 e. The summed E-state index contributed by atoms with van der Waals surface area (Å²) < 4.78 is 0. The van der Waals surface area contributed by atoms with E-state index in [2.05, 4.69) is 10.6 Å². The third-order valence-corrected chi connectivity index (χ3v) is 3.88. The van der Waals surface area contributed by atoms with E-state index in [9.17, 15) is 9.59 Å². The average Bonchev–Trinajstić information content (AvgIpc) is 2.38. The second-order valence-electron chi connectivity index (χ2n) is 5.09. The molecule has 1 amide bonds. The number of carbonyl (C=O) groups is 2. The lowest BCUT2D eigenvalue weighted by Gasteiger charge is -2.36. The first-order valence-corrected chi connectivity index (χ1v) is 6.77. The fourth-order valence-electron chi connectivity index (χ4n) is 2.47. The lowest BCUT2D eigenvalue weighted by atomic mass is 9.77. The Morgan fingerprint density at radius 3 is 2.61 bits per heavy atom. The van der Waals surface area contributed by atoms with Crippen molar-refractivity contribution in [2.24, 2.45) is 5.41 Å². The van der Waals surface area contributed by atoms with Gasteiger partial charge in [0.25, 0.3) is 0 Å². The Morgan fingerprint density at radius 1 is 1.44 bits per heavy atom. The van der Waals surface area contributed by atoms with Crippen LogP contribution in [-0.4, -0.2) is 36.1 Å². The van der Waals surface area contributed by atoms with Crippen molar-refractivity contribution < 1.29 is 14.7 Å². The fraction of sp³-hybridized carbons (Fsp3) is 0.846. The summed E-state index contributed by atoms with van der Waals surface area (Å²) >= 11 is 0. The second-order valence-corrected chi connectivity index (χ2v) is 5.09. The first-order valence-electron chi connectivity index (χ1n) is 6.77. The number of carboxylic acid groups (broad SMARTS) is 1. The average molecular weight is 256 g/mol. The molecule has 5 nitrogen and oxygen atoms in total. The van der Waals surface area contributed by atoms with Crippen LogP contribution < -0.4 is 10.6 Å². The van der Waals surface area contributed by atoms with Crippen LogP contribution in [0, 0.1) is 5.41 Å². The molecule has 1 aliphatic heterocycles. The summed E-state index contributed by atoms with van der Waals surface area (Å²) in [6.07, 6.45) is 3.30. The second kappa shape index (κ2) is 6.73. The lowest BCUT2D eigenvalue weighted by Crippen LogP contribution is -2.52. The zero-order valence-corrected chi connectivity index (χ0v) is 11.3. The van der Waals surface area contributed by atoms with E-state index in [1.54, 1.807) is 0 Å². The molecule has 0 aliphatic carbocycles. The topological polar surface area (TPSA) is 78.4 Å². The minimum Gasteiger partial charge on any atom is -0.481 e. The SMILES string of the molecule is CCC(CC(=O)O)NC(=O)C1(CC)CCCNC1. The Labute approximate surface area is 108 Å². The van der Waals surface area contributed by atoms with Gasteiger partial charge in [-0.15, -0.1) is 0 Å². The molecule has 1 heterocycles. The molecular weight excluding hydrogens is 232 g/mol. The van der Waals surface area contributed by atoms with E-state index in [0.717, 1.165) is 25.8 Å². The van der Waals surface area contributed by atoms with Gasteiger partial charge in [0.1, 0.15) is 0 Å². The number of nitrogens with one attached hydrogen (secondary N) is 2. The van der Waals surface area contributed by atoms with Gasteiger partial charge in [-0.3, -0.25) is 9.59 Å². The molecule has 0 saturated carbocycles. The standard InChI is InChI=1S/C13H24N2O3/c1-3-10(8-11(16)17)15-12(18)13(4-2)6-5-7-14-9-13/h10,14H,3-9H2,1-2H3,(H,15,18)(H,16,17). The summed E-state index contributed by atoms with van der Waals surface area (Å²) in [6, 6.07) is -0.264. The maximum atomic E-state index is 12.4. The van der Waals surface area contributed by atoms with E-state index in [4.69, 9.17) is 5.11 Å². The summed E-state index contributed by atoms with van der Waals surface area (Å²) in [6.45, 7) is 5.57. The predicted molar refractivity (Wildman–Crippen MR) is 69.3 cm³/mol. The van der Waals surface area contributed by atoms with E-state index in [1.165, 1.54) is 0 Å². The lowest BCUT2D eigenvalue weighted by molar-refractivity contribution is -0.138. The summed E-state index contributed by atoms with van der Waals surface area (Å²) in [7, 11) is 0. The molecule has 1 fully saturated rings. The van der Waals surface area contributed by atoms with Gasteiger partial charge < -0.3 is 15.7 Å². The molecule has 5 heteroatoms. The van der Waals surface area contributed by atoms with Crippen molar-refractivity contribution in [3.8, 4) is 0 Å². The number of carbonyl (C=O) groups excluding carboxylic acids is 1. The number of amides is 1. The first-order chi connectivity index (χ1) is 8.54. The summed E-state index contributed by atoms with van der Waals surface area (Å²) in [5.41, 5.74) is -0.357. The smallest absolute Gasteiger partial charge is 0.305 e. The highest BCUT2D eigenvalue weighted by Crippen LogP contribution is 2.30. The number of aliphatic carboxylic acids is 1. The van der Waals surface area contributed by atoms with Crippen LogP contribution in [0.25, 0.3) is 0 Å². The van der Waals surface area contributed by atoms with Crippen LogP contribution >= 0.6 is 0 Å². The molecule has 2 atom stereocenters. The Kier molecular flexibility index (Phi) is 5.59. The highest BCUT2D eigenvalue weighted by atomic mass is 16.4. The highest BCUT2D eigenvalue weighted by molar-refractivity contribution is 5.83. The Morgan fingerprint density at radius 2 is 2.17 bits per heavy atom. The van der Waals surface area contributed by atoms with Crippen LogP contribution in [0.2, 0.25) is 0 Å². The van der Waals surface area contributed by atoms with Gasteiger partial charge >= 0.3 is 5.97 Å². The molecule has 3 N–H and O–H groups in total. The molecule has 0 bridgehead atoms. The molecule has 1 aliphatic rings. The summed E-state index contributed by atoms with van der Waals surface area (Å²) in [4.78, 5) is 23.1. The Balaban J connectivity index is 2.63. The maximum Gasteiger partial charge on any atom is 0.305 e. The number of hydrogen-bond donors (Lipinski definition) is 3. The van der Waals surface area contributed by atoms with Gasteiger partial charge in [0.2, 0.25) is 5.91 Å². The number of hydrogen-bond acceptors (Lipinski definition) is 3. The van der Waals surface area contributed by atoms with Gasteiger partial charge in [-0.2, -0.15) is 0 Å². The molecule has 0 aromatic rings. The quantitative estimate of drug-likeness (QED) is 0.666. The zero-order chi connectivity index (χ0) is 13.6. The van der Waals surface area contributed by atoms with E-state index in [-0.39, 0.29) is 23.8 Å².